The molecule has 2 atom stereocenters. The van der Waals surface area contributed by atoms with Gasteiger partial charge >= 0.3 is 0 Å². The molecule has 1 fully saturated rings. The quantitative estimate of drug-likeness (QED) is 0.898. The van der Waals surface area contributed by atoms with Gasteiger partial charge in [0.15, 0.2) is 0 Å². The molecule has 7 heteroatoms. The monoisotopic (exact) mass is 334 g/mol. The summed E-state index contributed by atoms with van der Waals surface area (Å²) in [5.74, 6) is -0.593. The Morgan fingerprint density at radius 2 is 1.70 bits per heavy atom. The summed E-state index contributed by atoms with van der Waals surface area (Å²) in [6.07, 6.45) is 0.696. The largest absolute Gasteiger partial charge is 0.326 e. The molecule has 120 valence electrons. The molecule has 2 unspecified atom stereocenters. The number of carbonyl (C=O) groups is 1. The third-order valence-corrected chi connectivity index (χ3v) is 4.80. The first-order valence-corrected chi connectivity index (χ1v) is 8.58. The maximum absolute atomic E-state index is 12.8. The van der Waals surface area contributed by atoms with Gasteiger partial charge in [-0.1, -0.05) is 12.1 Å². The van der Waals surface area contributed by atoms with Gasteiger partial charge in [-0.3, -0.25) is 4.79 Å². The van der Waals surface area contributed by atoms with Crippen LogP contribution in [0.1, 0.15) is 17.9 Å². The molecule has 3 N–H and O–H groups in total. The van der Waals surface area contributed by atoms with Gasteiger partial charge in [0.2, 0.25) is 15.9 Å². The smallest absolute Gasteiger partial charge is 0.238 e. The van der Waals surface area contributed by atoms with Gasteiger partial charge in [0.25, 0.3) is 0 Å². The second kappa shape index (κ2) is 5.75. The van der Waals surface area contributed by atoms with Gasteiger partial charge in [-0.15, -0.1) is 0 Å². The number of rotatable bonds is 4. The van der Waals surface area contributed by atoms with Crippen molar-refractivity contribution in [3.05, 3.63) is 59.9 Å². The van der Waals surface area contributed by atoms with Crippen molar-refractivity contribution < 1.29 is 17.6 Å². The van der Waals surface area contributed by atoms with Crippen LogP contribution in [-0.2, 0) is 14.8 Å². The van der Waals surface area contributed by atoms with Crippen molar-refractivity contribution in [1.29, 1.82) is 0 Å². The lowest BCUT2D eigenvalue weighted by Gasteiger charge is -2.05. The second-order valence-electron chi connectivity index (χ2n) is 5.56. The highest BCUT2D eigenvalue weighted by molar-refractivity contribution is 7.89. The number of benzene rings is 2. The SMILES string of the molecule is NS(=O)(=O)c1ccc(C2CC2C(=O)Nc2ccc(F)cc2)cc1. The number of primary sulfonamides is 1. The molecule has 0 aliphatic heterocycles. The average molecular weight is 334 g/mol. The number of carbonyl (C=O) groups excluding carboxylic acids is 1. The van der Waals surface area contributed by atoms with Gasteiger partial charge in [0.1, 0.15) is 5.82 Å². The first-order chi connectivity index (χ1) is 10.8. The van der Waals surface area contributed by atoms with Crippen LogP contribution >= 0.6 is 0 Å². The van der Waals surface area contributed by atoms with E-state index in [2.05, 4.69) is 5.32 Å². The lowest BCUT2D eigenvalue weighted by molar-refractivity contribution is -0.117. The van der Waals surface area contributed by atoms with Gasteiger partial charge < -0.3 is 5.32 Å². The van der Waals surface area contributed by atoms with E-state index >= 15 is 0 Å². The molecule has 0 aromatic heterocycles. The normalized spacial score (nSPS) is 20.1. The summed E-state index contributed by atoms with van der Waals surface area (Å²) in [5.41, 5.74) is 1.45. The molecular formula is C16H15FN2O3S. The van der Waals surface area contributed by atoms with Gasteiger partial charge in [-0.2, -0.15) is 0 Å². The highest BCUT2D eigenvalue weighted by atomic mass is 32.2. The summed E-state index contributed by atoms with van der Waals surface area (Å²) in [7, 11) is -3.71. The minimum Gasteiger partial charge on any atom is -0.326 e. The topological polar surface area (TPSA) is 89.3 Å². The van der Waals surface area contributed by atoms with Gasteiger partial charge in [0, 0.05) is 11.6 Å². The number of anilines is 1. The summed E-state index contributed by atoms with van der Waals surface area (Å²) in [6.45, 7) is 0. The Bertz CT molecular complexity index is 833. The van der Waals surface area contributed by atoms with Crippen molar-refractivity contribution in [3.63, 3.8) is 0 Å². The van der Waals surface area contributed by atoms with Crippen molar-refractivity contribution in [2.24, 2.45) is 11.1 Å². The van der Waals surface area contributed by atoms with E-state index in [1.165, 1.54) is 36.4 Å². The molecule has 1 amide bonds. The Balaban J connectivity index is 1.64. The highest BCUT2D eigenvalue weighted by Gasteiger charge is 2.43. The fourth-order valence-corrected chi connectivity index (χ4v) is 3.04. The van der Waals surface area contributed by atoms with Crippen LogP contribution in [0.15, 0.2) is 53.4 Å². The van der Waals surface area contributed by atoms with Gasteiger partial charge in [-0.05, 0) is 54.3 Å². The molecule has 1 aliphatic carbocycles. The van der Waals surface area contributed by atoms with Crippen LogP contribution in [0.4, 0.5) is 10.1 Å². The van der Waals surface area contributed by atoms with Gasteiger partial charge in [0.05, 0.1) is 4.90 Å². The van der Waals surface area contributed by atoms with Gasteiger partial charge in [-0.25, -0.2) is 17.9 Å². The zero-order valence-corrected chi connectivity index (χ0v) is 12.9. The third kappa shape index (κ3) is 3.57. The van der Waals surface area contributed by atoms with Crippen molar-refractivity contribution in [3.8, 4) is 0 Å². The summed E-state index contributed by atoms with van der Waals surface area (Å²) in [4.78, 5) is 12.2. The Morgan fingerprint density at radius 1 is 1.09 bits per heavy atom. The first-order valence-electron chi connectivity index (χ1n) is 7.04. The molecule has 1 aliphatic rings. The maximum atomic E-state index is 12.8. The molecule has 23 heavy (non-hydrogen) atoms. The van der Waals surface area contributed by atoms with E-state index < -0.39 is 10.0 Å². The molecule has 2 aromatic carbocycles. The average Bonchev–Trinajstić information content (AvgIpc) is 3.29. The van der Waals surface area contributed by atoms with E-state index in [9.17, 15) is 17.6 Å². The number of halogens is 1. The summed E-state index contributed by atoms with van der Waals surface area (Å²) in [5, 5.41) is 7.80. The Labute approximate surface area is 133 Å². The predicted octanol–water partition coefficient (Wildman–Crippen LogP) is 2.22. The number of hydrogen-bond donors (Lipinski definition) is 2. The number of amides is 1. The van der Waals surface area contributed by atoms with E-state index in [4.69, 9.17) is 5.14 Å². The molecule has 0 bridgehead atoms. The molecule has 1 saturated carbocycles. The summed E-state index contributed by atoms with van der Waals surface area (Å²) >= 11 is 0. The van der Waals surface area contributed by atoms with E-state index in [-0.39, 0.29) is 28.5 Å². The van der Waals surface area contributed by atoms with Crippen molar-refractivity contribution in [2.75, 3.05) is 5.32 Å². The number of sulfonamides is 1. The molecule has 2 aromatic rings. The molecule has 5 nitrogen and oxygen atoms in total. The van der Waals surface area contributed by atoms with Crippen molar-refractivity contribution in [1.82, 2.24) is 0 Å². The highest BCUT2D eigenvalue weighted by Crippen LogP contribution is 2.48. The van der Waals surface area contributed by atoms with E-state index in [1.807, 2.05) is 0 Å². The van der Waals surface area contributed by atoms with Crippen LogP contribution in [0.2, 0.25) is 0 Å². The van der Waals surface area contributed by atoms with Crippen molar-refractivity contribution >= 4 is 21.6 Å². The maximum Gasteiger partial charge on any atom is 0.238 e. The zero-order chi connectivity index (χ0) is 16.6. The standard InChI is InChI=1S/C16H15FN2O3S/c17-11-3-5-12(6-4-11)19-16(20)15-9-14(15)10-1-7-13(8-2-10)23(18,21)22/h1-8,14-15H,9H2,(H,19,20)(H2,18,21,22). The summed E-state index contributed by atoms with van der Waals surface area (Å²) < 4.78 is 35.3. The molecular weight excluding hydrogens is 319 g/mol. The molecule has 0 heterocycles. The Hall–Kier alpha value is -2.25. The minimum absolute atomic E-state index is 0.0502. The van der Waals surface area contributed by atoms with Crippen LogP contribution in [0.5, 0.6) is 0 Å². The second-order valence-corrected chi connectivity index (χ2v) is 7.12. The minimum atomic E-state index is -3.71. The fourth-order valence-electron chi connectivity index (χ4n) is 2.53. The van der Waals surface area contributed by atoms with Crippen LogP contribution in [0.3, 0.4) is 0 Å². The van der Waals surface area contributed by atoms with Crippen LogP contribution in [-0.4, -0.2) is 14.3 Å². The predicted molar refractivity (Wildman–Crippen MR) is 83.7 cm³/mol. The number of nitrogens with one attached hydrogen (secondary N) is 1. The van der Waals surface area contributed by atoms with Crippen LogP contribution < -0.4 is 10.5 Å². The Morgan fingerprint density at radius 3 is 2.26 bits per heavy atom. The van der Waals surface area contributed by atoms with Crippen LogP contribution in [0, 0.1) is 11.7 Å². The first kappa shape index (κ1) is 15.6. The lowest BCUT2D eigenvalue weighted by Crippen LogP contribution is -2.14. The molecule has 0 saturated heterocycles. The number of nitrogens with two attached hydrogens (primary N) is 1. The fraction of sp³-hybridized carbons (Fsp3) is 0.188. The molecule has 0 spiro atoms. The summed E-state index contributed by atoms with van der Waals surface area (Å²) in [6, 6.07) is 11.8. The Kier molecular flexibility index (Phi) is 3.91. The van der Waals surface area contributed by atoms with E-state index in [1.54, 1.807) is 12.1 Å². The molecule has 3 rings (SSSR count). The third-order valence-electron chi connectivity index (χ3n) is 3.88. The van der Waals surface area contributed by atoms with E-state index in [0.29, 0.717) is 12.1 Å². The molecule has 0 radical (unpaired) electrons. The van der Waals surface area contributed by atoms with Crippen LogP contribution in [0.25, 0.3) is 0 Å². The number of hydrogen-bond acceptors (Lipinski definition) is 3. The zero-order valence-electron chi connectivity index (χ0n) is 12.1. The van der Waals surface area contributed by atoms with Crippen molar-refractivity contribution in [2.45, 2.75) is 17.2 Å². The lowest BCUT2D eigenvalue weighted by atomic mass is 10.1. The van der Waals surface area contributed by atoms with E-state index in [0.717, 1.165) is 5.56 Å².